The molecule has 0 aliphatic rings. The minimum absolute atomic E-state index is 0.0910. The summed E-state index contributed by atoms with van der Waals surface area (Å²) in [6, 6.07) is 8.18. The summed E-state index contributed by atoms with van der Waals surface area (Å²) in [6.07, 6.45) is -0.0910. The van der Waals surface area contributed by atoms with E-state index in [2.05, 4.69) is 4.98 Å². The van der Waals surface area contributed by atoms with Crippen molar-refractivity contribution in [3.63, 3.8) is 0 Å². The first kappa shape index (κ1) is 13.0. The lowest BCUT2D eigenvalue weighted by molar-refractivity contribution is 0.231. The van der Waals surface area contributed by atoms with Gasteiger partial charge in [0.2, 0.25) is 0 Å². The number of hydrogen-bond acceptors (Lipinski definition) is 3. The summed E-state index contributed by atoms with van der Waals surface area (Å²) in [4.78, 5) is 2.85. The molecule has 0 aliphatic heterocycles. The Morgan fingerprint density at radius 3 is 2.63 bits per heavy atom. The number of rotatable bonds is 3. The lowest BCUT2D eigenvalue weighted by Gasteiger charge is -2.11. The van der Waals surface area contributed by atoms with Crippen LogP contribution in [0.2, 0.25) is 0 Å². The molecule has 0 unspecified atom stereocenters. The van der Waals surface area contributed by atoms with Crippen molar-refractivity contribution in [1.82, 2.24) is 4.98 Å². The molecule has 5 heteroatoms. The van der Waals surface area contributed by atoms with Crippen molar-refractivity contribution in [1.29, 1.82) is 5.26 Å². The predicted molar refractivity (Wildman–Crippen MR) is 71.1 cm³/mol. The maximum Gasteiger partial charge on any atom is 0.165 e. The third kappa shape index (κ3) is 2.68. The second kappa shape index (κ2) is 5.02. The van der Waals surface area contributed by atoms with E-state index in [1.165, 1.54) is 6.07 Å². The number of nitrogens with zero attached hydrogens (tertiary/aromatic N) is 1. The summed E-state index contributed by atoms with van der Waals surface area (Å²) in [6.45, 7) is 3.66. The average molecular weight is 259 g/mol. The number of ether oxygens (including phenoxy) is 1. The highest BCUT2D eigenvalue weighted by Gasteiger charge is 2.11. The van der Waals surface area contributed by atoms with E-state index < -0.39 is 5.82 Å². The topological polar surface area (TPSA) is 74.8 Å². The highest BCUT2D eigenvalue weighted by atomic mass is 19.1. The van der Waals surface area contributed by atoms with Crippen molar-refractivity contribution in [3.8, 4) is 23.1 Å². The highest BCUT2D eigenvalue weighted by molar-refractivity contribution is 5.68. The van der Waals surface area contributed by atoms with Crippen molar-refractivity contribution in [2.75, 3.05) is 5.73 Å². The molecule has 98 valence electrons. The Kier molecular flexibility index (Phi) is 3.43. The number of nitrogens with two attached hydrogens (primary N) is 1. The number of halogens is 1. The first-order chi connectivity index (χ1) is 9.01. The normalized spacial score (nSPS) is 10.5. The number of aromatic amines is 1. The molecule has 4 nitrogen and oxygen atoms in total. The number of nitrogen functional groups attached to an aromatic ring is 1. The van der Waals surface area contributed by atoms with Crippen LogP contribution in [0.15, 0.2) is 24.3 Å². The van der Waals surface area contributed by atoms with E-state index in [1.807, 2.05) is 19.9 Å². The molecule has 0 radical (unpaired) electrons. The van der Waals surface area contributed by atoms with Gasteiger partial charge in [-0.2, -0.15) is 5.26 Å². The molecule has 1 heterocycles. The van der Waals surface area contributed by atoms with Crippen molar-refractivity contribution >= 4 is 5.82 Å². The second-order valence-electron chi connectivity index (χ2n) is 4.43. The van der Waals surface area contributed by atoms with E-state index >= 15 is 0 Å². The zero-order valence-corrected chi connectivity index (χ0v) is 10.7. The average Bonchev–Trinajstić information content (AvgIpc) is 2.72. The second-order valence-corrected chi connectivity index (χ2v) is 4.43. The van der Waals surface area contributed by atoms with Crippen LogP contribution in [0.5, 0.6) is 5.75 Å². The molecule has 0 bridgehead atoms. The maximum atomic E-state index is 13.9. The van der Waals surface area contributed by atoms with Crippen LogP contribution < -0.4 is 10.5 Å². The van der Waals surface area contributed by atoms with Crippen LogP contribution in [0.25, 0.3) is 11.3 Å². The van der Waals surface area contributed by atoms with Gasteiger partial charge in [0.25, 0.3) is 0 Å². The number of anilines is 1. The standard InChI is InChI=1S/C14H14FN3O/c1-8(2)19-13-4-3-9(5-11(13)15)12-6-10(7-16)14(17)18-12/h3-6,8,18H,17H2,1-2H3. The summed E-state index contributed by atoms with van der Waals surface area (Å²) >= 11 is 0. The molecule has 2 rings (SSSR count). The van der Waals surface area contributed by atoms with Crippen LogP contribution in [0.4, 0.5) is 10.2 Å². The van der Waals surface area contributed by atoms with Crippen molar-refractivity contribution in [2.24, 2.45) is 0 Å². The van der Waals surface area contributed by atoms with Gasteiger partial charge >= 0.3 is 0 Å². The Bertz CT molecular complexity index is 641. The Balaban J connectivity index is 2.36. The monoisotopic (exact) mass is 259 g/mol. The molecule has 0 spiro atoms. The zero-order valence-electron chi connectivity index (χ0n) is 10.7. The lowest BCUT2D eigenvalue weighted by Crippen LogP contribution is -2.06. The van der Waals surface area contributed by atoms with Gasteiger partial charge < -0.3 is 15.5 Å². The smallest absolute Gasteiger partial charge is 0.165 e. The van der Waals surface area contributed by atoms with Crippen LogP contribution in [0.3, 0.4) is 0 Å². The number of benzene rings is 1. The Morgan fingerprint density at radius 1 is 1.37 bits per heavy atom. The number of H-pyrrole nitrogens is 1. The molecule has 0 saturated carbocycles. The summed E-state index contributed by atoms with van der Waals surface area (Å²) in [7, 11) is 0. The summed E-state index contributed by atoms with van der Waals surface area (Å²) in [5.74, 6) is 0.0390. The van der Waals surface area contributed by atoms with E-state index in [-0.39, 0.29) is 17.7 Å². The first-order valence-electron chi connectivity index (χ1n) is 5.86. The van der Waals surface area contributed by atoms with Crippen LogP contribution in [0, 0.1) is 17.1 Å². The van der Waals surface area contributed by atoms with Crippen LogP contribution in [-0.2, 0) is 0 Å². The van der Waals surface area contributed by atoms with Crippen molar-refractivity contribution in [2.45, 2.75) is 20.0 Å². The van der Waals surface area contributed by atoms with E-state index in [0.29, 0.717) is 16.8 Å². The van der Waals surface area contributed by atoms with Gasteiger partial charge in [-0.25, -0.2) is 4.39 Å². The molecule has 1 aromatic heterocycles. The molecule has 0 saturated heterocycles. The largest absolute Gasteiger partial charge is 0.488 e. The number of aromatic nitrogens is 1. The molecule has 2 aromatic rings. The summed E-state index contributed by atoms with van der Waals surface area (Å²) < 4.78 is 19.2. The maximum absolute atomic E-state index is 13.9. The fraction of sp³-hybridized carbons (Fsp3) is 0.214. The zero-order chi connectivity index (χ0) is 14.0. The quantitative estimate of drug-likeness (QED) is 0.889. The van der Waals surface area contributed by atoms with Gasteiger partial charge in [-0.3, -0.25) is 0 Å². The van der Waals surface area contributed by atoms with Gasteiger partial charge in [0.05, 0.1) is 11.7 Å². The van der Waals surface area contributed by atoms with Gasteiger partial charge in [0.1, 0.15) is 11.9 Å². The highest BCUT2D eigenvalue weighted by Crippen LogP contribution is 2.27. The first-order valence-corrected chi connectivity index (χ1v) is 5.86. The number of nitriles is 1. The number of nitrogens with one attached hydrogen (secondary N) is 1. The van der Waals surface area contributed by atoms with Crippen molar-refractivity contribution < 1.29 is 9.13 Å². The predicted octanol–water partition coefficient (Wildman–Crippen LogP) is 3.06. The molecular formula is C14H14FN3O. The van der Waals surface area contributed by atoms with Crippen LogP contribution in [-0.4, -0.2) is 11.1 Å². The van der Waals surface area contributed by atoms with E-state index in [4.69, 9.17) is 15.7 Å². The van der Waals surface area contributed by atoms with Gasteiger partial charge in [-0.15, -0.1) is 0 Å². The van der Waals surface area contributed by atoms with E-state index in [0.717, 1.165) is 0 Å². The van der Waals surface area contributed by atoms with Gasteiger partial charge in [-0.1, -0.05) is 0 Å². The van der Waals surface area contributed by atoms with Crippen molar-refractivity contribution in [3.05, 3.63) is 35.6 Å². The van der Waals surface area contributed by atoms with Gasteiger partial charge in [0.15, 0.2) is 11.6 Å². The van der Waals surface area contributed by atoms with Crippen LogP contribution >= 0.6 is 0 Å². The third-order valence-corrected chi connectivity index (χ3v) is 2.57. The minimum Gasteiger partial charge on any atom is -0.488 e. The number of hydrogen-bond donors (Lipinski definition) is 2. The molecule has 0 amide bonds. The molecule has 0 atom stereocenters. The van der Waals surface area contributed by atoms with E-state index in [9.17, 15) is 4.39 Å². The Labute approximate surface area is 110 Å². The Morgan fingerprint density at radius 2 is 2.11 bits per heavy atom. The fourth-order valence-corrected chi connectivity index (χ4v) is 1.74. The molecule has 3 N–H and O–H groups in total. The molecular weight excluding hydrogens is 245 g/mol. The SMILES string of the molecule is CC(C)Oc1ccc(-c2cc(C#N)c(N)[nH]2)cc1F. The molecule has 19 heavy (non-hydrogen) atoms. The fourth-order valence-electron chi connectivity index (χ4n) is 1.74. The van der Waals surface area contributed by atoms with E-state index in [1.54, 1.807) is 18.2 Å². The summed E-state index contributed by atoms with van der Waals surface area (Å²) in [5.41, 5.74) is 7.19. The molecule has 0 aliphatic carbocycles. The Hall–Kier alpha value is -2.48. The third-order valence-electron chi connectivity index (χ3n) is 2.57. The summed E-state index contributed by atoms with van der Waals surface area (Å²) in [5, 5.41) is 8.83. The van der Waals surface area contributed by atoms with Gasteiger partial charge in [-0.05, 0) is 38.1 Å². The lowest BCUT2D eigenvalue weighted by atomic mass is 10.1. The van der Waals surface area contributed by atoms with Gasteiger partial charge in [0, 0.05) is 11.3 Å². The minimum atomic E-state index is -0.446. The molecule has 1 aromatic carbocycles. The van der Waals surface area contributed by atoms with Crippen LogP contribution in [0.1, 0.15) is 19.4 Å². The molecule has 0 fully saturated rings.